The molecule has 0 saturated heterocycles. The Labute approximate surface area is 192 Å². The summed E-state index contributed by atoms with van der Waals surface area (Å²) in [6.45, 7) is 0. The third-order valence-electron chi connectivity index (χ3n) is 5.27. The van der Waals surface area contributed by atoms with Crippen LogP contribution in [0.4, 0.5) is 5.69 Å². The summed E-state index contributed by atoms with van der Waals surface area (Å²) in [5, 5.41) is 25.5. The molecule has 1 N–H and O–H groups in total. The summed E-state index contributed by atoms with van der Waals surface area (Å²) in [5.74, 6) is 0.0766. The molecule has 6 heteroatoms. The number of hydrogen-bond donors (Lipinski definition) is 1. The molecule has 0 aliphatic heterocycles. The molecule has 0 bridgehead atoms. The van der Waals surface area contributed by atoms with Gasteiger partial charge in [0, 0.05) is 17.7 Å². The highest BCUT2D eigenvalue weighted by atomic mass is 79.9. The lowest BCUT2D eigenvalue weighted by molar-refractivity contribution is -0.384. The Morgan fingerprint density at radius 3 is 1.52 bits per heavy atom. The van der Waals surface area contributed by atoms with Crippen LogP contribution in [0.1, 0.15) is 5.56 Å². The molecule has 0 amide bonds. The Morgan fingerprint density at radius 2 is 1.13 bits per heavy atom. The van der Waals surface area contributed by atoms with E-state index in [4.69, 9.17) is 0 Å². The van der Waals surface area contributed by atoms with E-state index in [-0.39, 0.29) is 28.4 Å². The summed E-state index contributed by atoms with van der Waals surface area (Å²) < 4.78 is 0. The van der Waals surface area contributed by atoms with Gasteiger partial charge in [0.05, 0.1) is 4.92 Å². The number of rotatable bonds is 6. The van der Waals surface area contributed by atoms with E-state index in [1.165, 1.54) is 18.2 Å². The van der Waals surface area contributed by atoms with E-state index in [2.05, 4.69) is 36.4 Å². The van der Waals surface area contributed by atoms with E-state index in [1.54, 1.807) is 0 Å². The molecule has 0 aliphatic carbocycles. The molecule has 0 spiro atoms. The zero-order chi connectivity index (χ0) is 21.0. The Kier molecular flexibility index (Phi) is 7.21. The second-order valence-electron chi connectivity index (χ2n) is 7.04. The van der Waals surface area contributed by atoms with E-state index in [1.807, 2.05) is 54.6 Å². The van der Waals surface area contributed by atoms with Crippen molar-refractivity contribution in [2.45, 2.75) is 6.16 Å². The predicted octanol–water partition coefficient (Wildman–Crippen LogP) is 5.37. The molecule has 0 radical (unpaired) electrons. The lowest BCUT2D eigenvalue weighted by atomic mass is 10.2. The van der Waals surface area contributed by atoms with Gasteiger partial charge in [-0.3, -0.25) is 10.1 Å². The van der Waals surface area contributed by atoms with Gasteiger partial charge in [-0.15, -0.1) is 17.0 Å². The molecule has 0 heterocycles. The van der Waals surface area contributed by atoms with Crippen molar-refractivity contribution in [1.82, 2.24) is 0 Å². The maximum Gasteiger partial charge on any atom is 0.270 e. The zero-order valence-electron chi connectivity index (χ0n) is 16.7. The number of hydrogen-bond acceptors (Lipinski definition) is 3. The van der Waals surface area contributed by atoms with Crippen LogP contribution in [0, 0.1) is 10.1 Å². The average molecular weight is 495 g/mol. The summed E-state index contributed by atoms with van der Waals surface area (Å²) in [6, 6.07) is 35.0. The normalized spacial score (nSPS) is 10.8. The monoisotopic (exact) mass is 494 g/mol. The van der Waals surface area contributed by atoms with E-state index in [0.29, 0.717) is 11.7 Å². The first-order chi connectivity index (χ1) is 14.6. The number of phenolic OH excluding ortho intramolecular Hbond substituents is 1. The van der Waals surface area contributed by atoms with Crippen LogP contribution in [0.2, 0.25) is 0 Å². The van der Waals surface area contributed by atoms with Crippen LogP contribution < -0.4 is 15.9 Å². The highest BCUT2D eigenvalue weighted by Gasteiger charge is 2.46. The van der Waals surface area contributed by atoms with Crippen molar-refractivity contribution >= 4 is 45.8 Å². The Morgan fingerprint density at radius 1 is 0.710 bits per heavy atom. The summed E-state index contributed by atoms with van der Waals surface area (Å²) >= 11 is 0. The number of nitro benzene ring substituents is 1. The van der Waals surface area contributed by atoms with Crippen LogP contribution in [0.3, 0.4) is 0 Å². The largest absolute Gasteiger partial charge is 0.508 e. The van der Waals surface area contributed by atoms with Crippen molar-refractivity contribution in [1.29, 1.82) is 0 Å². The second-order valence-corrected chi connectivity index (χ2v) is 10.5. The van der Waals surface area contributed by atoms with Crippen LogP contribution in [0.15, 0.2) is 109 Å². The number of nitro groups is 1. The van der Waals surface area contributed by atoms with Crippen LogP contribution >= 0.6 is 24.2 Å². The highest BCUT2D eigenvalue weighted by Crippen LogP contribution is 2.59. The molecule has 0 unspecified atom stereocenters. The molecular formula is C25H22BrNO3P+. The molecular weight excluding hydrogens is 473 g/mol. The fourth-order valence-electron chi connectivity index (χ4n) is 3.84. The van der Waals surface area contributed by atoms with E-state index >= 15 is 0 Å². The van der Waals surface area contributed by atoms with Crippen molar-refractivity contribution in [3.8, 4) is 5.75 Å². The standard InChI is InChI=1S/C25H20NO3P.BrH/c27-25-17-16-21(26(28)29)18-20(25)19-30(22-10-4-1-5-11-22,23-12-6-2-7-13-23)24-14-8-3-9-15-24;/h1-18H,19H2;1H/p+1. The predicted molar refractivity (Wildman–Crippen MR) is 134 cm³/mol. The molecule has 0 atom stereocenters. The minimum Gasteiger partial charge on any atom is -0.508 e. The van der Waals surface area contributed by atoms with Gasteiger partial charge in [-0.1, -0.05) is 54.6 Å². The SMILES string of the molecule is Br.O=[N+]([O-])c1ccc(O)c(C[P+](c2ccccc2)(c2ccccc2)c2ccccc2)c1. The number of benzene rings is 4. The molecule has 156 valence electrons. The quantitative estimate of drug-likeness (QED) is 0.222. The Balaban J connectivity index is 0.00000272. The number of aromatic hydroxyl groups is 1. The average Bonchev–Trinajstić information content (AvgIpc) is 2.80. The molecule has 31 heavy (non-hydrogen) atoms. The maximum atomic E-state index is 11.4. The van der Waals surface area contributed by atoms with Gasteiger partial charge in [0.15, 0.2) is 0 Å². The number of non-ortho nitro benzene ring substituents is 1. The first kappa shape index (κ1) is 22.7. The van der Waals surface area contributed by atoms with E-state index < -0.39 is 12.2 Å². The number of phenols is 1. The first-order valence-corrected chi connectivity index (χ1v) is 11.6. The zero-order valence-corrected chi connectivity index (χ0v) is 19.3. The molecule has 4 rings (SSSR count). The lowest BCUT2D eigenvalue weighted by Crippen LogP contribution is -2.32. The summed E-state index contributed by atoms with van der Waals surface area (Å²) in [4.78, 5) is 11.0. The van der Waals surface area contributed by atoms with Gasteiger partial charge in [-0.05, 0) is 42.5 Å². The fraction of sp³-hybridized carbons (Fsp3) is 0.0400. The van der Waals surface area contributed by atoms with Crippen molar-refractivity contribution in [2.24, 2.45) is 0 Å². The summed E-state index contributed by atoms with van der Waals surface area (Å²) in [6.07, 6.45) is 0.485. The van der Waals surface area contributed by atoms with Crippen molar-refractivity contribution in [2.75, 3.05) is 0 Å². The van der Waals surface area contributed by atoms with E-state index in [0.717, 1.165) is 15.9 Å². The first-order valence-electron chi connectivity index (χ1n) is 9.62. The lowest BCUT2D eigenvalue weighted by Gasteiger charge is -2.28. The van der Waals surface area contributed by atoms with E-state index in [9.17, 15) is 15.2 Å². The highest BCUT2D eigenvalue weighted by molar-refractivity contribution is 8.93. The van der Waals surface area contributed by atoms with Gasteiger partial charge in [-0.2, -0.15) is 0 Å². The number of halogens is 1. The molecule has 4 aromatic rings. The van der Waals surface area contributed by atoms with Crippen molar-refractivity contribution in [3.63, 3.8) is 0 Å². The molecule has 4 nitrogen and oxygen atoms in total. The van der Waals surface area contributed by atoms with Gasteiger partial charge in [-0.25, -0.2) is 0 Å². The van der Waals surface area contributed by atoms with Crippen LogP contribution in [-0.4, -0.2) is 10.0 Å². The van der Waals surface area contributed by atoms with Crippen molar-refractivity contribution < 1.29 is 10.0 Å². The third kappa shape index (κ3) is 4.53. The maximum absolute atomic E-state index is 11.4. The van der Waals surface area contributed by atoms with Gasteiger partial charge < -0.3 is 5.11 Å². The second kappa shape index (κ2) is 9.86. The topological polar surface area (TPSA) is 63.4 Å². The molecule has 0 saturated carbocycles. The van der Waals surface area contributed by atoms with Crippen LogP contribution in [0.25, 0.3) is 0 Å². The van der Waals surface area contributed by atoms with Crippen LogP contribution in [-0.2, 0) is 6.16 Å². The van der Waals surface area contributed by atoms with Gasteiger partial charge >= 0.3 is 0 Å². The molecule has 4 aromatic carbocycles. The smallest absolute Gasteiger partial charge is 0.270 e. The summed E-state index contributed by atoms with van der Waals surface area (Å²) in [7, 11) is -2.23. The minimum atomic E-state index is -2.23. The van der Waals surface area contributed by atoms with Crippen molar-refractivity contribution in [3.05, 3.63) is 125 Å². The minimum absolute atomic E-state index is 0. The van der Waals surface area contributed by atoms with Gasteiger partial charge in [0.25, 0.3) is 5.69 Å². The molecule has 0 aromatic heterocycles. The Bertz CT molecular complexity index is 1060. The van der Waals surface area contributed by atoms with Gasteiger partial charge in [0.1, 0.15) is 35.1 Å². The molecule has 0 aliphatic rings. The third-order valence-corrected chi connectivity index (χ3v) is 9.63. The summed E-state index contributed by atoms with van der Waals surface area (Å²) in [5.41, 5.74) is 0.559. The van der Waals surface area contributed by atoms with Gasteiger partial charge in [0.2, 0.25) is 0 Å². The number of nitrogens with zero attached hydrogens (tertiary/aromatic N) is 1. The molecule has 0 fully saturated rings. The fourth-order valence-corrected chi connectivity index (χ4v) is 8.09. The van der Waals surface area contributed by atoms with Crippen LogP contribution in [0.5, 0.6) is 5.75 Å². The Hall–Kier alpha value is -3.01.